The van der Waals surface area contributed by atoms with Gasteiger partial charge in [0.15, 0.2) is 0 Å². The van der Waals surface area contributed by atoms with E-state index in [2.05, 4.69) is 15.0 Å². The van der Waals surface area contributed by atoms with Crippen LogP contribution in [0.2, 0.25) is 0 Å². The van der Waals surface area contributed by atoms with Crippen molar-refractivity contribution in [1.29, 1.82) is 0 Å². The third-order valence-electron chi connectivity index (χ3n) is 5.18. The molecule has 3 amide bonds. The number of rotatable bonds is 5. The first-order valence-electron chi connectivity index (χ1n) is 9.74. The Labute approximate surface area is 181 Å². The first-order valence-corrected chi connectivity index (χ1v) is 9.74. The number of pyridine rings is 1. The number of anilines is 1. The summed E-state index contributed by atoms with van der Waals surface area (Å²) in [5, 5.41) is 2.67. The Kier molecular flexibility index (Phi) is 5.56. The van der Waals surface area contributed by atoms with E-state index in [1.54, 1.807) is 12.3 Å². The number of halogens is 3. The normalized spacial score (nSPS) is 17.2. The molecule has 32 heavy (non-hydrogen) atoms. The number of aromatic nitrogens is 1. The molecule has 2 atom stereocenters. The van der Waals surface area contributed by atoms with Gasteiger partial charge in [-0.05, 0) is 42.0 Å². The molecule has 3 aromatic rings. The lowest BCUT2D eigenvalue weighted by molar-refractivity contribution is -0.274. The van der Waals surface area contributed by atoms with Crippen LogP contribution in [-0.2, 0) is 4.79 Å². The Morgan fingerprint density at radius 1 is 1.03 bits per heavy atom. The first kappa shape index (κ1) is 21.4. The zero-order chi connectivity index (χ0) is 22.9. The quantitative estimate of drug-likeness (QED) is 0.573. The largest absolute Gasteiger partial charge is 0.573 e. The highest BCUT2D eigenvalue weighted by molar-refractivity contribution is 6.21. The molecule has 2 unspecified atom stereocenters. The summed E-state index contributed by atoms with van der Waals surface area (Å²) in [5.41, 5.74) is 2.62. The lowest BCUT2D eigenvalue weighted by Gasteiger charge is -2.19. The molecule has 1 N–H and O–H groups in total. The van der Waals surface area contributed by atoms with Gasteiger partial charge in [-0.15, -0.1) is 13.2 Å². The van der Waals surface area contributed by atoms with Gasteiger partial charge in [0.2, 0.25) is 0 Å². The molecule has 0 saturated carbocycles. The third-order valence-corrected chi connectivity index (χ3v) is 5.18. The van der Waals surface area contributed by atoms with E-state index in [-0.39, 0.29) is 11.6 Å². The fourth-order valence-electron chi connectivity index (χ4n) is 3.57. The number of nitrogens with zero attached hydrogens (tertiary/aromatic N) is 2. The lowest BCUT2D eigenvalue weighted by Crippen LogP contribution is -2.34. The predicted molar refractivity (Wildman–Crippen MR) is 111 cm³/mol. The Morgan fingerprint density at radius 2 is 1.72 bits per heavy atom. The molecule has 2 heterocycles. The van der Waals surface area contributed by atoms with E-state index in [9.17, 15) is 22.8 Å². The van der Waals surface area contributed by atoms with Crippen LogP contribution in [0.5, 0.6) is 5.75 Å². The van der Waals surface area contributed by atoms with Gasteiger partial charge in [-0.2, -0.15) is 0 Å². The molecule has 0 aliphatic carbocycles. The molecule has 164 valence electrons. The molecule has 1 aliphatic rings. The van der Waals surface area contributed by atoms with Gasteiger partial charge in [-0.3, -0.25) is 9.78 Å². The highest BCUT2D eigenvalue weighted by Gasteiger charge is 2.42. The van der Waals surface area contributed by atoms with Crippen LogP contribution in [0.15, 0.2) is 72.9 Å². The molecule has 0 spiro atoms. The van der Waals surface area contributed by atoms with Crippen LogP contribution < -0.4 is 15.0 Å². The van der Waals surface area contributed by atoms with E-state index in [1.165, 1.54) is 12.1 Å². The van der Waals surface area contributed by atoms with Gasteiger partial charge >= 0.3 is 12.4 Å². The second-order valence-electron chi connectivity index (χ2n) is 7.27. The van der Waals surface area contributed by atoms with Gasteiger partial charge in [0.1, 0.15) is 11.8 Å². The maximum Gasteiger partial charge on any atom is 0.573 e. The maximum atomic E-state index is 13.0. The number of hydrogen-bond donors (Lipinski definition) is 1. The third kappa shape index (κ3) is 4.41. The summed E-state index contributed by atoms with van der Waals surface area (Å²) < 4.78 is 40.9. The number of imide groups is 1. The molecule has 9 heteroatoms. The summed E-state index contributed by atoms with van der Waals surface area (Å²) in [5.74, 6) is -1.30. The summed E-state index contributed by atoms with van der Waals surface area (Å²) in [7, 11) is 0. The van der Waals surface area contributed by atoms with E-state index < -0.39 is 30.1 Å². The summed E-state index contributed by atoms with van der Waals surface area (Å²) in [6, 6.07) is 16.3. The van der Waals surface area contributed by atoms with Crippen molar-refractivity contribution in [2.24, 2.45) is 0 Å². The van der Waals surface area contributed by atoms with Crippen LogP contribution >= 0.6 is 0 Å². The van der Waals surface area contributed by atoms with Crippen LogP contribution in [0.25, 0.3) is 11.3 Å². The topological polar surface area (TPSA) is 71.5 Å². The minimum absolute atomic E-state index is 0.149. The van der Waals surface area contributed by atoms with Crippen molar-refractivity contribution in [2.45, 2.75) is 25.2 Å². The molecule has 1 aromatic heterocycles. The van der Waals surface area contributed by atoms with Crippen molar-refractivity contribution >= 4 is 17.6 Å². The van der Waals surface area contributed by atoms with Gasteiger partial charge in [-0.25, -0.2) is 9.69 Å². The molecule has 0 bridgehead atoms. The number of amides is 3. The van der Waals surface area contributed by atoms with Gasteiger partial charge in [-0.1, -0.05) is 37.3 Å². The molecule has 0 radical (unpaired) electrons. The molecule has 1 fully saturated rings. The molecule has 4 rings (SSSR count). The molecule has 1 aliphatic heterocycles. The smallest absolute Gasteiger partial charge is 0.406 e. The minimum Gasteiger partial charge on any atom is -0.406 e. The average molecular weight is 441 g/mol. The fourth-order valence-corrected chi connectivity index (χ4v) is 3.57. The standard InChI is InChI=1S/C23H18F3N3O3/c1-14(16-11-12-27-19(13-16)15-5-3-2-4-6-15)20-21(30)29(22(31)28-20)17-7-9-18(10-8-17)32-23(24,25)26/h2-14,20H,1H3,(H,28,31). The second-order valence-corrected chi connectivity index (χ2v) is 7.27. The predicted octanol–water partition coefficient (Wildman–Crippen LogP) is 4.88. The van der Waals surface area contributed by atoms with Crippen molar-refractivity contribution in [1.82, 2.24) is 10.3 Å². The number of benzene rings is 2. The zero-order valence-corrected chi connectivity index (χ0v) is 16.8. The second kappa shape index (κ2) is 8.33. The van der Waals surface area contributed by atoms with E-state index in [1.807, 2.05) is 43.3 Å². The lowest BCUT2D eigenvalue weighted by atomic mass is 9.92. The molecular weight excluding hydrogens is 423 g/mol. The highest BCUT2D eigenvalue weighted by Crippen LogP contribution is 2.31. The Balaban J connectivity index is 1.54. The van der Waals surface area contributed by atoms with Crippen molar-refractivity contribution in [3.05, 3.63) is 78.5 Å². The highest BCUT2D eigenvalue weighted by atomic mass is 19.4. The van der Waals surface area contributed by atoms with Crippen molar-refractivity contribution in [3.8, 4) is 17.0 Å². The van der Waals surface area contributed by atoms with Crippen LogP contribution in [0, 0.1) is 0 Å². The van der Waals surface area contributed by atoms with Gasteiger partial charge in [0.25, 0.3) is 5.91 Å². The fraction of sp³-hybridized carbons (Fsp3) is 0.174. The Bertz CT molecular complexity index is 1130. The summed E-state index contributed by atoms with van der Waals surface area (Å²) >= 11 is 0. The van der Waals surface area contributed by atoms with Gasteiger partial charge in [0.05, 0.1) is 11.4 Å². The number of urea groups is 1. The first-order chi connectivity index (χ1) is 15.2. The van der Waals surface area contributed by atoms with Crippen molar-refractivity contribution in [3.63, 3.8) is 0 Å². The van der Waals surface area contributed by atoms with Crippen LogP contribution in [0.3, 0.4) is 0 Å². The number of ether oxygens (including phenoxy) is 1. The SMILES string of the molecule is CC(c1ccnc(-c2ccccc2)c1)C1NC(=O)N(c2ccc(OC(F)(F)F)cc2)C1=O. The molecule has 1 saturated heterocycles. The molecular formula is C23H18F3N3O3. The van der Waals surface area contributed by atoms with E-state index in [4.69, 9.17) is 0 Å². The van der Waals surface area contributed by atoms with Gasteiger partial charge in [0, 0.05) is 17.7 Å². The Hall–Kier alpha value is -3.88. The summed E-state index contributed by atoms with van der Waals surface area (Å²) in [4.78, 5) is 30.8. The number of alkyl halides is 3. The van der Waals surface area contributed by atoms with Crippen LogP contribution in [0.4, 0.5) is 23.7 Å². The number of carbonyl (C=O) groups excluding carboxylic acids is 2. The van der Waals surface area contributed by atoms with Crippen molar-refractivity contribution in [2.75, 3.05) is 4.90 Å². The zero-order valence-electron chi connectivity index (χ0n) is 16.8. The van der Waals surface area contributed by atoms with E-state index in [0.29, 0.717) is 0 Å². The van der Waals surface area contributed by atoms with Crippen LogP contribution in [0.1, 0.15) is 18.4 Å². The van der Waals surface area contributed by atoms with Crippen molar-refractivity contribution < 1.29 is 27.5 Å². The Morgan fingerprint density at radius 3 is 2.38 bits per heavy atom. The number of hydrogen-bond acceptors (Lipinski definition) is 4. The van der Waals surface area contributed by atoms with Gasteiger partial charge < -0.3 is 10.1 Å². The molecule has 2 aromatic carbocycles. The number of carbonyl (C=O) groups is 2. The summed E-state index contributed by atoms with van der Waals surface area (Å²) in [6.07, 6.45) is -3.18. The number of nitrogens with one attached hydrogen (secondary N) is 1. The van der Waals surface area contributed by atoms with E-state index >= 15 is 0 Å². The molecule has 6 nitrogen and oxygen atoms in total. The van der Waals surface area contributed by atoms with E-state index in [0.717, 1.165) is 33.9 Å². The summed E-state index contributed by atoms with van der Waals surface area (Å²) in [6.45, 7) is 1.82. The minimum atomic E-state index is -4.83. The van der Waals surface area contributed by atoms with Crippen LogP contribution in [-0.4, -0.2) is 29.3 Å². The maximum absolute atomic E-state index is 13.0. The average Bonchev–Trinajstić information content (AvgIpc) is 3.07. The monoisotopic (exact) mass is 441 g/mol.